The minimum absolute atomic E-state index is 0.0139. The van der Waals surface area contributed by atoms with Crippen LogP contribution < -0.4 is 5.32 Å². The van der Waals surface area contributed by atoms with Crippen molar-refractivity contribution in [3.63, 3.8) is 0 Å². The summed E-state index contributed by atoms with van der Waals surface area (Å²) in [5, 5.41) is 4.19. The summed E-state index contributed by atoms with van der Waals surface area (Å²) in [6.45, 7) is 1.77. The smallest absolute Gasteiger partial charge is 0.260 e. The lowest BCUT2D eigenvalue weighted by Gasteiger charge is -2.12. The van der Waals surface area contributed by atoms with E-state index in [-0.39, 0.29) is 5.91 Å². The van der Waals surface area contributed by atoms with Crippen molar-refractivity contribution >= 4 is 5.91 Å². The second kappa shape index (κ2) is 3.53. The van der Waals surface area contributed by atoms with Crippen molar-refractivity contribution in [3.8, 4) is 0 Å². The molecule has 1 saturated heterocycles. The lowest BCUT2D eigenvalue weighted by atomic mass is 10.4. The predicted molar refractivity (Wildman–Crippen MR) is 36.2 cm³/mol. The van der Waals surface area contributed by atoms with Gasteiger partial charge in [0.2, 0.25) is 0 Å². The fourth-order valence-electron chi connectivity index (χ4n) is 0.884. The third-order valence-corrected chi connectivity index (χ3v) is 1.36. The normalized spacial score (nSPS) is 17.9. The summed E-state index contributed by atoms with van der Waals surface area (Å²) < 4.78 is 0. The molecule has 1 N–H and O–H groups in total. The van der Waals surface area contributed by atoms with Crippen LogP contribution in [0.1, 0.15) is 6.42 Å². The van der Waals surface area contributed by atoms with Gasteiger partial charge in [-0.25, -0.2) is 5.06 Å². The van der Waals surface area contributed by atoms with E-state index in [4.69, 9.17) is 4.84 Å². The monoisotopic (exact) mass is 144 g/mol. The standard InChI is InChI=1S/C6H12N2O2/c1-7-5-6(9)8-3-2-4-10-8/h7H,2-5H2,1H3. The Bertz CT molecular complexity index is 121. The summed E-state index contributed by atoms with van der Waals surface area (Å²) in [6, 6.07) is 0. The molecule has 0 aromatic carbocycles. The zero-order valence-corrected chi connectivity index (χ0v) is 6.09. The molecule has 0 unspecified atom stereocenters. The lowest BCUT2D eigenvalue weighted by molar-refractivity contribution is -0.167. The Kier molecular flexibility index (Phi) is 2.65. The van der Waals surface area contributed by atoms with Crippen LogP contribution >= 0.6 is 0 Å². The van der Waals surface area contributed by atoms with Crippen molar-refractivity contribution in [2.24, 2.45) is 0 Å². The summed E-state index contributed by atoms with van der Waals surface area (Å²) in [6.07, 6.45) is 0.954. The number of nitrogens with one attached hydrogen (secondary N) is 1. The first kappa shape index (κ1) is 7.50. The number of nitrogens with zero attached hydrogens (tertiary/aromatic N) is 1. The maximum Gasteiger partial charge on any atom is 0.260 e. The number of carbonyl (C=O) groups is 1. The van der Waals surface area contributed by atoms with Gasteiger partial charge in [0, 0.05) is 0 Å². The summed E-state index contributed by atoms with van der Waals surface area (Å²) >= 11 is 0. The van der Waals surface area contributed by atoms with E-state index < -0.39 is 0 Å². The second-order valence-electron chi connectivity index (χ2n) is 2.21. The molecular formula is C6H12N2O2. The molecule has 1 aliphatic rings. The van der Waals surface area contributed by atoms with E-state index in [0.29, 0.717) is 13.2 Å². The maximum atomic E-state index is 11.0. The average molecular weight is 144 g/mol. The molecule has 1 heterocycles. The predicted octanol–water partition coefficient (Wildman–Crippen LogP) is -0.630. The molecule has 1 rings (SSSR count). The van der Waals surface area contributed by atoms with E-state index in [1.165, 1.54) is 5.06 Å². The highest BCUT2D eigenvalue weighted by Gasteiger charge is 2.17. The minimum atomic E-state index is 0.0139. The van der Waals surface area contributed by atoms with E-state index in [1.54, 1.807) is 7.05 Å². The molecule has 1 fully saturated rings. The first-order valence-corrected chi connectivity index (χ1v) is 3.42. The molecule has 0 aromatic rings. The SMILES string of the molecule is CNCC(=O)N1CCCO1. The molecule has 1 aliphatic heterocycles. The van der Waals surface area contributed by atoms with Gasteiger partial charge in [0.15, 0.2) is 0 Å². The Labute approximate surface area is 60.1 Å². The van der Waals surface area contributed by atoms with Gasteiger partial charge in [-0.3, -0.25) is 9.63 Å². The molecule has 0 spiro atoms. The van der Waals surface area contributed by atoms with Gasteiger partial charge in [-0.2, -0.15) is 0 Å². The molecule has 0 aliphatic carbocycles. The van der Waals surface area contributed by atoms with Gasteiger partial charge in [0.25, 0.3) is 5.91 Å². The van der Waals surface area contributed by atoms with Crippen LogP contribution in [0.2, 0.25) is 0 Å². The van der Waals surface area contributed by atoms with Crippen LogP contribution in [0.25, 0.3) is 0 Å². The van der Waals surface area contributed by atoms with Gasteiger partial charge in [-0.05, 0) is 13.5 Å². The third-order valence-electron chi connectivity index (χ3n) is 1.36. The van der Waals surface area contributed by atoms with Gasteiger partial charge in [0.05, 0.1) is 19.7 Å². The van der Waals surface area contributed by atoms with Crippen LogP contribution in [-0.4, -0.2) is 37.7 Å². The first-order chi connectivity index (χ1) is 4.84. The van der Waals surface area contributed by atoms with Crippen LogP contribution in [0.15, 0.2) is 0 Å². The number of carbonyl (C=O) groups excluding carboxylic acids is 1. The van der Waals surface area contributed by atoms with Gasteiger partial charge in [-0.15, -0.1) is 0 Å². The van der Waals surface area contributed by atoms with Crippen molar-refractivity contribution in [2.75, 3.05) is 26.7 Å². The highest BCUT2D eigenvalue weighted by atomic mass is 16.7. The Morgan fingerprint density at radius 1 is 1.80 bits per heavy atom. The van der Waals surface area contributed by atoms with Crippen molar-refractivity contribution in [1.29, 1.82) is 0 Å². The second-order valence-corrected chi connectivity index (χ2v) is 2.21. The Balaban J connectivity index is 2.25. The fraction of sp³-hybridized carbons (Fsp3) is 0.833. The summed E-state index contributed by atoms with van der Waals surface area (Å²) in [7, 11) is 1.74. The van der Waals surface area contributed by atoms with Crippen LogP contribution in [0.5, 0.6) is 0 Å². The van der Waals surface area contributed by atoms with Gasteiger partial charge < -0.3 is 5.32 Å². The molecule has 4 heteroatoms. The van der Waals surface area contributed by atoms with Gasteiger partial charge in [-0.1, -0.05) is 0 Å². The topological polar surface area (TPSA) is 41.6 Å². The van der Waals surface area contributed by atoms with Crippen LogP contribution in [0.3, 0.4) is 0 Å². The first-order valence-electron chi connectivity index (χ1n) is 3.42. The van der Waals surface area contributed by atoms with E-state index >= 15 is 0 Å². The van der Waals surface area contributed by atoms with Gasteiger partial charge in [0.1, 0.15) is 0 Å². The molecule has 4 nitrogen and oxygen atoms in total. The Morgan fingerprint density at radius 2 is 2.60 bits per heavy atom. The molecule has 1 amide bonds. The van der Waals surface area contributed by atoms with Crippen molar-refractivity contribution in [2.45, 2.75) is 6.42 Å². The van der Waals surface area contributed by atoms with Crippen LogP contribution in [-0.2, 0) is 9.63 Å². The number of hydroxylamine groups is 2. The van der Waals surface area contributed by atoms with E-state index in [1.807, 2.05) is 0 Å². The van der Waals surface area contributed by atoms with Crippen LogP contribution in [0.4, 0.5) is 0 Å². The quantitative estimate of drug-likeness (QED) is 0.561. The average Bonchev–Trinajstić information content (AvgIpc) is 2.38. The minimum Gasteiger partial charge on any atom is -0.311 e. The highest BCUT2D eigenvalue weighted by Crippen LogP contribution is 2.02. The zero-order chi connectivity index (χ0) is 7.40. The largest absolute Gasteiger partial charge is 0.311 e. The molecule has 0 radical (unpaired) electrons. The van der Waals surface area contributed by atoms with E-state index in [0.717, 1.165) is 13.0 Å². The summed E-state index contributed by atoms with van der Waals surface area (Å²) in [5.41, 5.74) is 0. The Hall–Kier alpha value is -0.610. The molecule has 0 bridgehead atoms. The maximum absolute atomic E-state index is 11.0. The molecule has 58 valence electrons. The highest BCUT2D eigenvalue weighted by molar-refractivity contribution is 5.77. The molecule has 0 aromatic heterocycles. The van der Waals surface area contributed by atoms with Crippen molar-refractivity contribution in [3.05, 3.63) is 0 Å². The van der Waals surface area contributed by atoms with E-state index in [2.05, 4.69) is 5.32 Å². The number of amides is 1. The van der Waals surface area contributed by atoms with Crippen molar-refractivity contribution in [1.82, 2.24) is 10.4 Å². The Morgan fingerprint density at radius 3 is 3.10 bits per heavy atom. The lowest BCUT2D eigenvalue weighted by Crippen LogP contribution is -2.33. The van der Waals surface area contributed by atoms with E-state index in [9.17, 15) is 4.79 Å². The van der Waals surface area contributed by atoms with Crippen LogP contribution in [0, 0.1) is 0 Å². The number of likely N-dealkylation sites (N-methyl/N-ethyl adjacent to an activating group) is 1. The van der Waals surface area contributed by atoms with Gasteiger partial charge >= 0.3 is 0 Å². The zero-order valence-electron chi connectivity index (χ0n) is 6.09. The molecule has 0 atom stereocenters. The molecule has 10 heavy (non-hydrogen) atoms. The summed E-state index contributed by atoms with van der Waals surface area (Å²) in [4.78, 5) is 16.0. The molecular weight excluding hydrogens is 132 g/mol. The third kappa shape index (κ3) is 1.68. The number of rotatable bonds is 2. The van der Waals surface area contributed by atoms with Crippen molar-refractivity contribution < 1.29 is 9.63 Å². The number of hydrogen-bond donors (Lipinski definition) is 1. The summed E-state index contributed by atoms with van der Waals surface area (Å²) in [5.74, 6) is 0.0139. The number of hydrogen-bond acceptors (Lipinski definition) is 3. The molecule has 0 saturated carbocycles. The fourth-order valence-corrected chi connectivity index (χ4v) is 0.884.